The summed E-state index contributed by atoms with van der Waals surface area (Å²) in [7, 11) is 0. The minimum absolute atomic E-state index is 0.00629. The Bertz CT molecular complexity index is 993. The second-order valence-electron chi connectivity index (χ2n) is 5.62. The number of carbonyl (C=O) groups is 1. The van der Waals surface area contributed by atoms with Gasteiger partial charge in [0.1, 0.15) is 5.82 Å². The third-order valence-electron chi connectivity index (χ3n) is 4.15. The molecular formula is C17H14N4O2. The van der Waals surface area contributed by atoms with E-state index >= 15 is 0 Å². The molecule has 0 saturated heterocycles. The van der Waals surface area contributed by atoms with E-state index in [2.05, 4.69) is 15.3 Å². The fourth-order valence-electron chi connectivity index (χ4n) is 3.10. The summed E-state index contributed by atoms with van der Waals surface area (Å²) >= 11 is 0. The van der Waals surface area contributed by atoms with E-state index in [1.54, 1.807) is 0 Å². The molecule has 0 aliphatic carbocycles. The van der Waals surface area contributed by atoms with Gasteiger partial charge in [0.15, 0.2) is 0 Å². The van der Waals surface area contributed by atoms with Crippen molar-refractivity contribution in [2.24, 2.45) is 0 Å². The van der Waals surface area contributed by atoms with Gasteiger partial charge in [-0.1, -0.05) is 42.5 Å². The van der Waals surface area contributed by atoms with Crippen LogP contribution in [0.1, 0.15) is 23.5 Å². The molecule has 23 heavy (non-hydrogen) atoms. The quantitative estimate of drug-likeness (QED) is 0.640. The van der Waals surface area contributed by atoms with Crippen LogP contribution in [0, 0.1) is 0 Å². The Balaban J connectivity index is 1.91. The van der Waals surface area contributed by atoms with Crippen LogP contribution >= 0.6 is 0 Å². The summed E-state index contributed by atoms with van der Waals surface area (Å²) in [6, 6.07) is 13.9. The number of aromatic amines is 1. The average molecular weight is 306 g/mol. The van der Waals surface area contributed by atoms with Gasteiger partial charge in [0.05, 0.1) is 5.56 Å². The van der Waals surface area contributed by atoms with Crippen LogP contribution in [0.3, 0.4) is 0 Å². The number of amides is 1. The van der Waals surface area contributed by atoms with Crippen molar-refractivity contribution in [3.8, 4) is 0 Å². The maximum atomic E-state index is 12.3. The minimum atomic E-state index is -0.333. The van der Waals surface area contributed by atoms with E-state index < -0.39 is 0 Å². The van der Waals surface area contributed by atoms with Crippen LogP contribution in [-0.4, -0.2) is 15.9 Å². The number of nitrogens with zero attached hydrogens (tertiary/aromatic N) is 1. The highest BCUT2D eigenvalue weighted by Gasteiger charge is 2.30. The SMILES string of the molecule is Nc1nc2c(c(=O)[nH]1)[C@@H](c1ccc3ccccc3c1)CC(=O)N2. The highest BCUT2D eigenvalue weighted by atomic mass is 16.2. The zero-order chi connectivity index (χ0) is 16.0. The molecule has 0 bridgehead atoms. The lowest BCUT2D eigenvalue weighted by molar-refractivity contribution is -0.116. The van der Waals surface area contributed by atoms with E-state index in [4.69, 9.17) is 5.73 Å². The second-order valence-corrected chi connectivity index (χ2v) is 5.62. The number of hydrogen-bond acceptors (Lipinski definition) is 4. The third kappa shape index (κ3) is 2.24. The average Bonchev–Trinajstić information content (AvgIpc) is 2.53. The number of nitrogens with one attached hydrogen (secondary N) is 2. The van der Waals surface area contributed by atoms with Gasteiger partial charge in [-0.2, -0.15) is 4.98 Å². The number of fused-ring (bicyclic) bond motifs is 2. The maximum absolute atomic E-state index is 12.3. The predicted molar refractivity (Wildman–Crippen MR) is 88.3 cm³/mol. The maximum Gasteiger partial charge on any atom is 0.258 e. The molecule has 2 aromatic carbocycles. The normalized spacial score (nSPS) is 16.9. The first-order valence-corrected chi connectivity index (χ1v) is 7.30. The molecule has 3 aromatic rings. The van der Waals surface area contributed by atoms with E-state index in [1.165, 1.54) is 0 Å². The molecular weight excluding hydrogens is 292 g/mol. The molecule has 0 radical (unpaired) electrons. The number of benzene rings is 2. The molecule has 1 aromatic heterocycles. The molecule has 0 unspecified atom stereocenters. The number of rotatable bonds is 1. The summed E-state index contributed by atoms with van der Waals surface area (Å²) in [5, 5.41) is 4.81. The van der Waals surface area contributed by atoms with E-state index in [0.717, 1.165) is 16.3 Å². The molecule has 0 spiro atoms. The van der Waals surface area contributed by atoms with Crippen LogP contribution < -0.4 is 16.6 Å². The number of aromatic nitrogens is 2. The molecule has 6 nitrogen and oxygen atoms in total. The third-order valence-corrected chi connectivity index (χ3v) is 4.15. The Hall–Kier alpha value is -3.15. The van der Waals surface area contributed by atoms with Crippen LogP contribution in [0.15, 0.2) is 47.3 Å². The smallest absolute Gasteiger partial charge is 0.258 e. The number of hydrogen-bond donors (Lipinski definition) is 3. The van der Waals surface area contributed by atoms with Crippen LogP contribution in [0.25, 0.3) is 10.8 Å². The predicted octanol–water partition coefficient (Wildman–Crippen LogP) is 1.98. The summed E-state index contributed by atoms with van der Waals surface area (Å²) < 4.78 is 0. The Labute approximate surface area is 131 Å². The van der Waals surface area contributed by atoms with Crippen molar-refractivity contribution < 1.29 is 4.79 Å². The lowest BCUT2D eigenvalue weighted by Crippen LogP contribution is -2.31. The van der Waals surface area contributed by atoms with Crippen molar-refractivity contribution in [2.75, 3.05) is 11.1 Å². The molecule has 4 N–H and O–H groups in total. The molecule has 0 saturated carbocycles. The van der Waals surface area contributed by atoms with E-state index in [0.29, 0.717) is 5.56 Å². The topological polar surface area (TPSA) is 101 Å². The fourth-order valence-corrected chi connectivity index (χ4v) is 3.10. The van der Waals surface area contributed by atoms with Crippen molar-refractivity contribution >= 4 is 28.4 Å². The molecule has 114 valence electrons. The summed E-state index contributed by atoms with van der Waals surface area (Å²) in [5.74, 6) is -0.262. The molecule has 2 heterocycles. The number of H-pyrrole nitrogens is 1. The summed E-state index contributed by atoms with van der Waals surface area (Å²) in [5.41, 5.74) is 6.62. The van der Waals surface area contributed by atoms with Crippen molar-refractivity contribution in [2.45, 2.75) is 12.3 Å². The molecule has 6 heteroatoms. The first kappa shape index (κ1) is 13.5. The van der Waals surface area contributed by atoms with Crippen LogP contribution in [0.2, 0.25) is 0 Å². The van der Waals surface area contributed by atoms with Gasteiger partial charge in [-0.15, -0.1) is 0 Å². The number of carbonyl (C=O) groups excluding carboxylic acids is 1. The van der Waals surface area contributed by atoms with Gasteiger partial charge in [-0.25, -0.2) is 0 Å². The molecule has 0 fully saturated rings. The van der Waals surface area contributed by atoms with E-state index in [1.807, 2.05) is 42.5 Å². The van der Waals surface area contributed by atoms with Crippen LogP contribution in [0.4, 0.5) is 11.8 Å². The van der Waals surface area contributed by atoms with Crippen molar-refractivity contribution in [1.82, 2.24) is 9.97 Å². The number of anilines is 2. The first-order chi connectivity index (χ1) is 11.1. The zero-order valence-electron chi connectivity index (χ0n) is 12.2. The van der Waals surface area contributed by atoms with Crippen molar-refractivity contribution in [3.63, 3.8) is 0 Å². The highest BCUT2D eigenvalue weighted by molar-refractivity contribution is 5.94. The molecule has 1 amide bonds. The van der Waals surface area contributed by atoms with Crippen LogP contribution in [0.5, 0.6) is 0 Å². The molecule has 1 aliphatic heterocycles. The number of nitrogen functional groups attached to an aromatic ring is 1. The molecule has 4 rings (SSSR count). The lowest BCUT2D eigenvalue weighted by Gasteiger charge is -2.24. The van der Waals surface area contributed by atoms with Gasteiger partial charge >= 0.3 is 0 Å². The zero-order valence-corrected chi connectivity index (χ0v) is 12.2. The van der Waals surface area contributed by atoms with E-state index in [-0.39, 0.29) is 35.6 Å². The largest absolute Gasteiger partial charge is 0.369 e. The fraction of sp³-hybridized carbons (Fsp3) is 0.118. The van der Waals surface area contributed by atoms with Gasteiger partial charge in [0.25, 0.3) is 5.56 Å². The van der Waals surface area contributed by atoms with E-state index in [9.17, 15) is 9.59 Å². The van der Waals surface area contributed by atoms with Gasteiger partial charge in [0.2, 0.25) is 11.9 Å². The standard InChI is InChI=1S/C17H14N4O2/c18-17-20-15-14(16(23)21-17)12(8-13(22)19-15)11-6-5-9-3-1-2-4-10(9)7-11/h1-7,12H,8H2,(H4,18,19,20,21,22,23)/t12-/m1/s1. The summed E-state index contributed by atoms with van der Waals surface area (Å²) in [4.78, 5) is 30.9. The number of nitrogens with two attached hydrogens (primary N) is 1. The summed E-state index contributed by atoms with van der Waals surface area (Å²) in [6.45, 7) is 0. The second kappa shape index (κ2) is 4.95. The van der Waals surface area contributed by atoms with Crippen molar-refractivity contribution in [3.05, 3.63) is 63.9 Å². The first-order valence-electron chi connectivity index (χ1n) is 7.30. The minimum Gasteiger partial charge on any atom is -0.369 e. The monoisotopic (exact) mass is 306 g/mol. The highest BCUT2D eigenvalue weighted by Crippen LogP contribution is 2.35. The molecule has 1 aliphatic rings. The Morgan fingerprint density at radius 1 is 1.09 bits per heavy atom. The van der Waals surface area contributed by atoms with Crippen LogP contribution in [-0.2, 0) is 4.79 Å². The Morgan fingerprint density at radius 3 is 2.70 bits per heavy atom. The summed E-state index contributed by atoms with van der Waals surface area (Å²) in [6.07, 6.45) is 0.208. The Morgan fingerprint density at radius 2 is 1.87 bits per heavy atom. The Kier molecular flexibility index (Phi) is 2.90. The molecule has 1 atom stereocenters. The van der Waals surface area contributed by atoms with Crippen molar-refractivity contribution in [1.29, 1.82) is 0 Å². The van der Waals surface area contributed by atoms with Gasteiger partial charge < -0.3 is 11.1 Å². The van der Waals surface area contributed by atoms with Gasteiger partial charge in [0, 0.05) is 12.3 Å². The lowest BCUT2D eigenvalue weighted by atomic mass is 9.86. The van der Waals surface area contributed by atoms with Gasteiger partial charge in [-0.05, 0) is 16.3 Å². The van der Waals surface area contributed by atoms with Gasteiger partial charge in [-0.3, -0.25) is 14.6 Å².